The molecule has 2 spiro atoms. The monoisotopic (exact) mass is 498 g/mol. The standard InChI is InChI=1S/C28H29F3N2O3/c1-14(2)22-20-21(19-18(34)12-26(9-10-26)25(35)23(19)33-22)27(7-3-4-8-27)36-24(20)15-5-6-17(28(29,30)31)16(11-15)13-32/h5-6,11,14,18,24-25,34-35H,3-4,7-10,12H2,1-2H3. The lowest BCUT2D eigenvalue weighted by molar-refractivity contribution is -0.137. The number of aromatic nitrogens is 1. The van der Waals surface area contributed by atoms with Crippen molar-refractivity contribution in [1.82, 2.24) is 4.98 Å². The van der Waals surface area contributed by atoms with E-state index in [4.69, 9.17) is 9.72 Å². The molecule has 3 atom stereocenters. The molecule has 2 heterocycles. The first-order valence-electron chi connectivity index (χ1n) is 12.7. The van der Waals surface area contributed by atoms with Crippen molar-refractivity contribution in [3.8, 4) is 6.07 Å². The normalized spacial score (nSPS) is 27.4. The van der Waals surface area contributed by atoms with Gasteiger partial charge in [0.2, 0.25) is 0 Å². The molecule has 4 aliphatic rings. The fraction of sp³-hybridized carbons (Fsp3) is 0.571. The molecule has 2 aromatic rings. The first-order chi connectivity index (χ1) is 17.0. The van der Waals surface area contributed by atoms with Gasteiger partial charge in [-0.1, -0.05) is 32.8 Å². The number of benzene rings is 1. The lowest BCUT2D eigenvalue weighted by Gasteiger charge is -2.37. The van der Waals surface area contributed by atoms with Gasteiger partial charge < -0.3 is 14.9 Å². The van der Waals surface area contributed by atoms with Crippen molar-refractivity contribution in [3.63, 3.8) is 0 Å². The largest absolute Gasteiger partial charge is 0.417 e. The van der Waals surface area contributed by atoms with Crippen LogP contribution in [0.25, 0.3) is 0 Å². The summed E-state index contributed by atoms with van der Waals surface area (Å²) < 4.78 is 47.2. The Morgan fingerprint density at radius 2 is 1.81 bits per heavy atom. The van der Waals surface area contributed by atoms with E-state index in [-0.39, 0.29) is 11.3 Å². The van der Waals surface area contributed by atoms with Crippen LogP contribution in [0.15, 0.2) is 18.2 Å². The summed E-state index contributed by atoms with van der Waals surface area (Å²) in [6.07, 6.45) is -1.39. The molecule has 1 aliphatic heterocycles. The third kappa shape index (κ3) is 3.29. The molecule has 3 aliphatic carbocycles. The Balaban J connectivity index is 1.60. The fourth-order valence-electron chi connectivity index (χ4n) is 6.88. The summed E-state index contributed by atoms with van der Waals surface area (Å²) in [6.45, 7) is 4.00. The topological polar surface area (TPSA) is 86.4 Å². The van der Waals surface area contributed by atoms with Gasteiger partial charge in [0.25, 0.3) is 0 Å². The van der Waals surface area contributed by atoms with E-state index in [0.29, 0.717) is 23.2 Å². The molecule has 1 aromatic heterocycles. The van der Waals surface area contributed by atoms with E-state index in [9.17, 15) is 28.6 Å². The second kappa shape index (κ2) is 7.77. The zero-order valence-electron chi connectivity index (χ0n) is 20.3. The van der Waals surface area contributed by atoms with Gasteiger partial charge >= 0.3 is 6.18 Å². The summed E-state index contributed by atoms with van der Waals surface area (Å²) in [7, 11) is 0. The van der Waals surface area contributed by atoms with Gasteiger partial charge in [-0.05, 0) is 61.3 Å². The number of aliphatic hydroxyl groups is 2. The summed E-state index contributed by atoms with van der Waals surface area (Å²) in [6, 6.07) is 5.32. The Bertz CT molecular complexity index is 1290. The van der Waals surface area contributed by atoms with E-state index in [1.54, 1.807) is 6.07 Å². The van der Waals surface area contributed by atoms with Crippen LogP contribution in [0.2, 0.25) is 0 Å². The first kappa shape index (κ1) is 23.9. The van der Waals surface area contributed by atoms with Crippen LogP contribution in [0.1, 0.15) is 128 Å². The number of rotatable bonds is 2. The second-order valence-electron chi connectivity index (χ2n) is 11.3. The number of hydrogen-bond donors (Lipinski definition) is 2. The number of pyridine rings is 1. The maximum absolute atomic E-state index is 13.5. The number of ether oxygens (including phenoxy) is 1. The molecule has 0 bridgehead atoms. The maximum Gasteiger partial charge on any atom is 0.417 e. The van der Waals surface area contributed by atoms with Crippen LogP contribution in [0.3, 0.4) is 0 Å². The molecule has 1 aromatic carbocycles. The minimum Gasteiger partial charge on any atom is -0.388 e. The number of aliphatic hydroxyl groups excluding tert-OH is 2. The van der Waals surface area contributed by atoms with Crippen LogP contribution >= 0.6 is 0 Å². The molecule has 6 rings (SSSR count). The maximum atomic E-state index is 13.5. The minimum absolute atomic E-state index is 0.0435. The summed E-state index contributed by atoms with van der Waals surface area (Å²) in [5, 5.41) is 32.2. The van der Waals surface area contributed by atoms with Crippen LogP contribution in [-0.4, -0.2) is 15.2 Å². The molecule has 2 saturated carbocycles. The lowest BCUT2D eigenvalue weighted by Crippen LogP contribution is -2.32. The van der Waals surface area contributed by atoms with Gasteiger partial charge in [0, 0.05) is 22.2 Å². The summed E-state index contributed by atoms with van der Waals surface area (Å²) in [4.78, 5) is 4.95. The fourth-order valence-corrected chi connectivity index (χ4v) is 6.88. The van der Waals surface area contributed by atoms with E-state index < -0.39 is 41.2 Å². The molecule has 190 valence electrons. The second-order valence-corrected chi connectivity index (χ2v) is 11.3. The van der Waals surface area contributed by atoms with Crippen molar-refractivity contribution < 1.29 is 28.1 Å². The minimum atomic E-state index is -4.63. The Morgan fingerprint density at radius 1 is 1.11 bits per heavy atom. The molecule has 36 heavy (non-hydrogen) atoms. The number of halogens is 3. The van der Waals surface area contributed by atoms with Gasteiger partial charge in [-0.2, -0.15) is 18.4 Å². The summed E-state index contributed by atoms with van der Waals surface area (Å²) in [5.74, 6) is -0.0435. The van der Waals surface area contributed by atoms with Gasteiger partial charge in [0.15, 0.2) is 0 Å². The molecule has 2 fully saturated rings. The van der Waals surface area contributed by atoms with Crippen molar-refractivity contribution in [2.75, 3.05) is 0 Å². The average Bonchev–Trinajstić information content (AvgIpc) is 3.31. The molecule has 0 saturated heterocycles. The quantitative estimate of drug-likeness (QED) is 0.512. The number of alkyl halides is 3. The molecule has 0 amide bonds. The number of nitrogens with zero attached hydrogens (tertiary/aromatic N) is 2. The van der Waals surface area contributed by atoms with E-state index in [2.05, 4.69) is 0 Å². The highest BCUT2D eigenvalue weighted by atomic mass is 19.4. The van der Waals surface area contributed by atoms with Crippen molar-refractivity contribution >= 4 is 0 Å². The Hall–Kier alpha value is -2.47. The molecule has 3 unspecified atom stereocenters. The van der Waals surface area contributed by atoms with Crippen molar-refractivity contribution in [2.24, 2.45) is 5.41 Å². The zero-order chi connectivity index (χ0) is 25.6. The van der Waals surface area contributed by atoms with Gasteiger partial charge in [-0.25, -0.2) is 0 Å². The van der Waals surface area contributed by atoms with Crippen molar-refractivity contribution in [3.05, 3.63) is 63.0 Å². The highest BCUT2D eigenvalue weighted by molar-refractivity contribution is 5.56. The third-order valence-corrected chi connectivity index (χ3v) is 8.79. The zero-order valence-corrected chi connectivity index (χ0v) is 20.3. The lowest BCUT2D eigenvalue weighted by atomic mass is 9.73. The molecular formula is C28H29F3N2O3. The molecule has 8 heteroatoms. The first-order valence-corrected chi connectivity index (χ1v) is 12.7. The van der Waals surface area contributed by atoms with Crippen LogP contribution in [0.4, 0.5) is 13.2 Å². The molecule has 5 nitrogen and oxygen atoms in total. The molecule has 2 N–H and O–H groups in total. The Kier molecular flexibility index (Phi) is 5.16. The highest BCUT2D eigenvalue weighted by Crippen LogP contribution is 2.66. The van der Waals surface area contributed by atoms with Gasteiger partial charge in [-0.15, -0.1) is 0 Å². The van der Waals surface area contributed by atoms with Crippen molar-refractivity contribution in [2.45, 2.75) is 94.8 Å². The molecule has 0 radical (unpaired) electrons. The van der Waals surface area contributed by atoms with Crippen molar-refractivity contribution in [1.29, 1.82) is 5.26 Å². The Labute approximate surface area is 207 Å². The van der Waals surface area contributed by atoms with E-state index in [0.717, 1.165) is 61.4 Å². The van der Waals surface area contributed by atoms with Gasteiger partial charge in [-0.3, -0.25) is 4.98 Å². The average molecular weight is 499 g/mol. The number of hydrogen-bond acceptors (Lipinski definition) is 5. The number of nitriles is 1. The predicted octanol–water partition coefficient (Wildman–Crippen LogP) is 6.24. The van der Waals surface area contributed by atoms with Crippen LogP contribution in [0.5, 0.6) is 0 Å². The third-order valence-electron chi connectivity index (χ3n) is 8.79. The van der Waals surface area contributed by atoms with E-state index in [1.807, 2.05) is 13.8 Å². The smallest absolute Gasteiger partial charge is 0.388 e. The van der Waals surface area contributed by atoms with Gasteiger partial charge in [0.1, 0.15) is 12.2 Å². The SMILES string of the molecule is CC(C)c1nc2c(c3c1C(c1ccc(C(F)(F)F)c(C#N)c1)OC31CCCC1)C(O)CC1(CC1)C2O. The Morgan fingerprint density at radius 3 is 2.39 bits per heavy atom. The highest BCUT2D eigenvalue weighted by Gasteiger charge is 2.59. The van der Waals surface area contributed by atoms with Crippen LogP contribution in [0, 0.1) is 16.7 Å². The van der Waals surface area contributed by atoms with Crippen LogP contribution in [-0.2, 0) is 16.5 Å². The summed E-state index contributed by atoms with van der Waals surface area (Å²) >= 11 is 0. The number of fused-ring (bicyclic) bond motifs is 4. The molecular weight excluding hydrogens is 469 g/mol. The van der Waals surface area contributed by atoms with E-state index >= 15 is 0 Å². The van der Waals surface area contributed by atoms with Crippen LogP contribution < -0.4 is 0 Å². The van der Waals surface area contributed by atoms with E-state index in [1.165, 1.54) is 12.1 Å². The predicted molar refractivity (Wildman–Crippen MR) is 124 cm³/mol. The summed E-state index contributed by atoms with van der Waals surface area (Å²) in [5.41, 5.74) is 1.62. The van der Waals surface area contributed by atoms with Gasteiger partial charge in [0.05, 0.1) is 34.6 Å².